The number of nitrogens with zero attached hydrogens (tertiary/aromatic N) is 1. The van der Waals surface area contributed by atoms with Crippen molar-refractivity contribution >= 4 is 51.9 Å². The first-order valence-corrected chi connectivity index (χ1v) is 10.8. The molecule has 0 aliphatic heterocycles. The van der Waals surface area contributed by atoms with Gasteiger partial charge in [0.2, 0.25) is 0 Å². The van der Waals surface area contributed by atoms with Crippen molar-refractivity contribution in [2.45, 2.75) is 6.92 Å². The Labute approximate surface area is 200 Å². The normalized spacial score (nSPS) is 10.7. The van der Waals surface area contributed by atoms with Crippen molar-refractivity contribution in [2.75, 3.05) is 17.2 Å². The molecule has 160 valence electrons. The average molecular weight is 537 g/mol. The highest BCUT2D eigenvalue weighted by atomic mass is 127. The van der Waals surface area contributed by atoms with E-state index in [1.54, 1.807) is 36.4 Å². The Balaban J connectivity index is 1.56. The highest BCUT2D eigenvalue weighted by Crippen LogP contribution is 2.17. The SMILES string of the molecule is Cc1ccc(NC(=O)COc2ccc(/C=C(/C#N)C(=O)Nc3ccc(I)cc3)cc2)cc1. The summed E-state index contributed by atoms with van der Waals surface area (Å²) in [6.07, 6.45) is 1.50. The Morgan fingerprint density at radius 2 is 1.53 bits per heavy atom. The number of ether oxygens (including phenoxy) is 1. The van der Waals surface area contributed by atoms with Gasteiger partial charge in [0.1, 0.15) is 17.4 Å². The van der Waals surface area contributed by atoms with Crippen LogP contribution < -0.4 is 15.4 Å². The van der Waals surface area contributed by atoms with E-state index in [0.717, 1.165) is 9.13 Å². The number of hydrogen-bond acceptors (Lipinski definition) is 4. The van der Waals surface area contributed by atoms with Crippen LogP contribution in [0, 0.1) is 21.8 Å². The Morgan fingerprint density at radius 1 is 0.938 bits per heavy atom. The molecule has 0 atom stereocenters. The molecule has 0 aliphatic rings. The summed E-state index contributed by atoms with van der Waals surface area (Å²) in [7, 11) is 0. The molecule has 0 aromatic heterocycles. The second-order valence-electron chi connectivity index (χ2n) is 6.90. The molecule has 0 unspecified atom stereocenters. The van der Waals surface area contributed by atoms with Gasteiger partial charge in [-0.15, -0.1) is 0 Å². The zero-order valence-corrected chi connectivity index (χ0v) is 19.4. The van der Waals surface area contributed by atoms with Gasteiger partial charge in [0.15, 0.2) is 6.61 Å². The molecule has 2 amide bonds. The predicted octanol–water partition coefficient (Wildman–Crippen LogP) is 5.16. The Hall–Kier alpha value is -3.64. The van der Waals surface area contributed by atoms with E-state index in [0.29, 0.717) is 22.7 Å². The minimum Gasteiger partial charge on any atom is -0.484 e. The second-order valence-corrected chi connectivity index (χ2v) is 8.15. The number of amides is 2. The Bertz CT molecular complexity index is 1160. The van der Waals surface area contributed by atoms with E-state index < -0.39 is 5.91 Å². The number of nitriles is 1. The summed E-state index contributed by atoms with van der Waals surface area (Å²) in [5, 5.41) is 14.8. The maximum Gasteiger partial charge on any atom is 0.266 e. The topological polar surface area (TPSA) is 91.2 Å². The van der Waals surface area contributed by atoms with Crippen LogP contribution in [-0.2, 0) is 9.59 Å². The fraction of sp³-hybridized carbons (Fsp3) is 0.0800. The molecule has 2 N–H and O–H groups in total. The molecule has 0 saturated carbocycles. The van der Waals surface area contributed by atoms with E-state index in [1.807, 2.05) is 49.4 Å². The highest BCUT2D eigenvalue weighted by molar-refractivity contribution is 14.1. The lowest BCUT2D eigenvalue weighted by Crippen LogP contribution is -2.20. The first kappa shape index (κ1) is 23.0. The molecular formula is C25H20IN3O3. The van der Waals surface area contributed by atoms with Gasteiger partial charge < -0.3 is 15.4 Å². The van der Waals surface area contributed by atoms with Crippen molar-refractivity contribution in [3.8, 4) is 11.8 Å². The number of halogens is 1. The van der Waals surface area contributed by atoms with Gasteiger partial charge in [0.05, 0.1) is 0 Å². The van der Waals surface area contributed by atoms with Gasteiger partial charge in [-0.05, 0) is 89.7 Å². The van der Waals surface area contributed by atoms with Crippen LogP contribution in [0.5, 0.6) is 5.75 Å². The van der Waals surface area contributed by atoms with Gasteiger partial charge in [-0.1, -0.05) is 29.8 Å². The van der Waals surface area contributed by atoms with Crippen molar-refractivity contribution in [1.82, 2.24) is 0 Å². The first-order chi connectivity index (χ1) is 15.4. The van der Waals surface area contributed by atoms with E-state index in [-0.39, 0.29) is 18.1 Å². The van der Waals surface area contributed by atoms with Gasteiger partial charge in [-0.2, -0.15) is 5.26 Å². The van der Waals surface area contributed by atoms with Crippen molar-refractivity contribution in [1.29, 1.82) is 5.26 Å². The molecular weight excluding hydrogens is 517 g/mol. The Kier molecular flexibility index (Phi) is 8.00. The maximum absolute atomic E-state index is 12.4. The van der Waals surface area contributed by atoms with Gasteiger partial charge in [-0.25, -0.2) is 0 Å². The fourth-order valence-corrected chi connectivity index (χ4v) is 3.05. The highest BCUT2D eigenvalue weighted by Gasteiger charge is 2.10. The molecule has 3 aromatic rings. The number of benzene rings is 3. The van der Waals surface area contributed by atoms with E-state index >= 15 is 0 Å². The summed E-state index contributed by atoms with van der Waals surface area (Å²) in [6.45, 7) is 1.84. The molecule has 0 saturated heterocycles. The summed E-state index contributed by atoms with van der Waals surface area (Å²) < 4.78 is 6.56. The van der Waals surface area contributed by atoms with Crippen molar-refractivity contribution in [3.05, 3.63) is 93.1 Å². The van der Waals surface area contributed by atoms with Gasteiger partial charge in [0, 0.05) is 14.9 Å². The summed E-state index contributed by atoms with van der Waals surface area (Å²) in [4.78, 5) is 24.4. The zero-order chi connectivity index (χ0) is 22.9. The molecule has 0 spiro atoms. The number of carbonyl (C=O) groups excluding carboxylic acids is 2. The van der Waals surface area contributed by atoms with Crippen LogP contribution in [0.1, 0.15) is 11.1 Å². The number of nitrogens with one attached hydrogen (secondary N) is 2. The summed E-state index contributed by atoms with van der Waals surface area (Å²) in [5.74, 6) is -0.248. The standard InChI is InChI=1S/C25H20IN3O3/c1-17-2-8-21(9-3-17)28-24(30)16-32-23-12-4-18(5-13-23)14-19(15-27)25(31)29-22-10-6-20(26)7-11-22/h2-14H,16H2,1H3,(H,28,30)(H,29,31)/b19-14-. The van der Waals surface area contributed by atoms with Crippen LogP contribution in [0.2, 0.25) is 0 Å². The van der Waals surface area contributed by atoms with Gasteiger partial charge >= 0.3 is 0 Å². The quantitative estimate of drug-likeness (QED) is 0.248. The smallest absolute Gasteiger partial charge is 0.266 e. The Morgan fingerprint density at radius 3 is 2.16 bits per heavy atom. The van der Waals surface area contributed by atoms with Crippen molar-refractivity contribution in [2.24, 2.45) is 0 Å². The first-order valence-electron chi connectivity index (χ1n) is 9.71. The van der Waals surface area contributed by atoms with E-state index in [4.69, 9.17) is 4.74 Å². The fourth-order valence-electron chi connectivity index (χ4n) is 2.69. The maximum atomic E-state index is 12.4. The lowest BCUT2D eigenvalue weighted by molar-refractivity contribution is -0.118. The van der Waals surface area contributed by atoms with Crippen LogP contribution in [0.3, 0.4) is 0 Å². The second kappa shape index (κ2) is 11.1. The third kappa shape index (κ3) is 6.96. The molecule has 0 radical (unpaired) electrons. The third-order valence-electron chi connectivity index (χ3n) is 4.36. The zero-order valence-electron chi connectivity index (χ0n) is 17.3. The van der Waals surface area contributed by atoms with Crippen molar-refractivity contribution < 1.29 is 14.3 Å². The van der Waals surface area contributed by atoms with Crippen LogP contribution in [0.15, 0.2) is 78.4 Å². The molecule has 0 fully saturated rings. The van der Waals surface area contributed by atoms with E-state index in [2.05, 4.69) is 33.2 Å². The van der Waals surface area contributed by atoms with E-state index in [1.165, 1.54) is 6.08 Å². The average Bonchev–Trinajstić information content (AvgIpc) is 2.80. The predicted molar refractivity (Wildman–Crippen MR) is 133 cm³/mol. The van der Waals surface area contributed by atoms with E-state index in [9.17, 15) is 14.9 Å². The lowest BCUT2D eigenvalue weighted by Gasteiger charge is -2.08. The third-order valence-corrected chi connectivity index (χ3v) is 5.08. The van der Waals surface area contributed by atoms with Crippen LogP contribution >= 0.6 is 22.6 Å². The molecule has 6 nitrogen and oxygen atoms in total. The number of anilines is 2. The monoisotopic (exact) mass is 537 g/mol. The molecule has 7 heteroatoms. The van der Waals surface area contributed by atoms with Crippen LogP contribution in [0.25, 0.3) is 6.08 Å². The lowest BCUT2D eigenvalue weighted by atomic mass is 10.1. The van der Waals surface area contributed by atoms with Crippen LogP contribution in [-0.4, -0.2) is 18.4 Å². The van der Waals surface area contributed by atoms with Gasteiger partial charge in [0.25, 0.3) is 11.8 Å². The molecule has 0 aliphatic carbocycles. The number of aryl methyl sites for hydroxylation is 1. The molecule has 3 aromatic carbocycles. The largest absolute Gasteiger partial charge is 0.484 e. The molecule has 3 rings (SSSR count). The minimum atomic E-state index is -0.484. The van der Waals surface area contributed by atoms with Crippen molar-refractivity contribution in [3.63, 3.8) is 0 Å². The van der Waals surface area contributed by atoms with Gasteiger partial charge in [-0.3, -0.25) is 9.59 Å². The molecule has 0 bridgehead atoms. The molecule has 32 heavy (non-hydrogen) atoms. The molecule has 0 heterocycles. The number of carbonyl (C=O) groups is 2. The summed E-state index contributed by atoms with van der Waals surface area (Å²) >= 11 is 2.17. The minimum absolute atomic E-state index is 0.0188. The number of hydrogen-bond donors (Lipinski definition) is 2. The summed E-state index contributed by atoms with van der Waals surface area (Å²) in [6, 6.07) is 23.5. The number of rotatable bonds is 7. The van der Waals surface area contributed by atoms with Crippen LogP contribution in [0.4, 0.5) is 11.4 Å². The summed E-state index contributed by atoms with van der Waals surface area (Å²) in [5.41, 5.74) is 3.08.